The standard InChI is InChI=1S/C17H18BrN5O2S/c1-8-12(18)7-22(20-8)9(2)15(24)21-23-10(3)19-16-14(17(23)25)11-5-4-6-13(11)26-16/h7,9H,4-6H2,1-3H3,(H,21,24)/t9-/m1/s1. The second kappa shape index (κ2) is 6.31. The number of aromatic nitrogens is 4. The summed E-state index contributed by atoms with van der Waals surface area (Å²) < 4.78 is 3.67. The second-order valence-electron chi connectivity index (χ2n) is 6.53. The fourth-order valence-corrected chi connectivity index (χ4v) is 4.84. The van der Waals surface area contributed by atoms with Gasteiger partial charge in [-0.3, -0.25) is 19.7 Å². The molecule has 0 fully saturated rings. The molecule has 3 aromatic rings. The number of carbonyl (C=O) groups is 1. The number of aryl methyl sites for hydroxylation is 4. The number of carbonyl (C=O) groups excluding carboxylic acids is 1. The maximum atomic E-state index is 13.0. The molecule has 0 bridgehead atoms. The van der Waals surface area contributed by atoms with Gasteiger partial charge in [0, 0.05) is 11.1 Å². The van der Waals surface area contributed by atoms with Crippen molar-refractivity contribution in [1.82, 2.24) is 19.4 Å². The highest BCUT2D eigenvalue weighted by molar-refractivity contribution is 9.10. The van der Waals surface area contributed by atoms with Crippen LogP contribution in [-0.2, 0) is 17.6 Å². The summed E-state index contributed by atoms with van der Waals surface area (Å²) in [4.78, 5) is 32.2. The Balaban J connectivity index is 1.70. The topological polar surface area (TPSA) is 81.8 Å². The molecular weight excluding hydrogens is 418 g/mol. The van der Waals surface area contributed by atoms with Gasteiger partial charge in [0.15, 0.2) is 0 Å². The van der Waals surface area contributed by atoms with Gasteiger partial charge >= 0.3 is 0 Å². The van der Waals surface area contributed by atoms with Crippen molar-refractivity contribution in [3.63, 3.8) is 0 Å². The number of hydrogen-bond acceptors (Lipinski definition) is 5. The lowest BCUT2D eigenvalue weighted by Gasteiger charge is -2.15. The summed E-state index contributed by atoms with van der Waals surface area (Å²) in [5.41, 5.74) is 4.41. The minimum atomic E-state index is -0.560. The molecule has 3 heterocycles. The molecule has 1 amide bonds. The summed E-state index contributed by atoms with van der Waals surface area (Å²) in [6, 6.07) is -0.560. The molecule has 0 radical (unpaired) electrons. The van der Waals surface area contributed by atoms with Gasteiger partial charge < -0.3 is 0 Å². The Bertz CT molecular complexity index is 1080. The van der Waals surface area contributed by atoms with E-state index in [-0.39, 0.29) is 11.5 Å². The van der Waals surface area contributed by atoms with Gasteiger partial charge in [0.25, 0.3) is 11.5 Å². The zero-order valence-corrected chi connectivity index (χ0v) is 17.1. The van der Waals surface area contributed by atoms with E-state index in [1.165, 1.54) is 9.55 Å². The van der Waals surface area contributed by atoms with E-state index >= 15 is 0 Å². The first-order valence-electron chi connectivity index (χ1n) is 8.43. The molecule has 0 spiro atoms. The van der Waals surface area contributed by atoms with Crippen LogP contribution in [0.3, 0.4) is 0 Å². The first-order chi connectivity index (χ1) is 12.4. The molecule has 4 rings (SSSR count). The highest BCUT2D eigenvalue weighted by atomic mass is 79.9. The highest BCUT2D eigenvalue weighted by Crippen LogP contribution is 2.34. The van der Waals surface area contributed by atoms with Gasteiger partial charge in [0.2, 0.25) is 0 Å². The summed E-state index contributed by atoms with van der Waals surface area (Å²) in [6.07, 6.45) is 4.73. The first kappa shape index (κ1) is 17.4. The highest BCUT2D eigenvalue weighted by Gasteiger charge is 2.24. The Kier molecular flexibility index (Phi) is 4.23. The van der Waals surface area contributed by atoms with E-state index in [4.69, 9.17) is 0 Å². The predicted octanol–water partition coefficient (Wildman–Crippen LogP) is 2.85. The van der Waals surface area contributed by atoms with Gasteiger partial charge in [0.05, 0.1) is 15.6 Å². The van der Waals surface area contributed by atoms with Crippen molar-refractivity contribution in [2.75, 3.05) is 5.43 Å². The average Bonchev–Trinajstić information content (AvgIpc) is 3.25. The van der Waals surface area contributed by atoms with E-state index in [2.05, 4.69) is 31.4 Å². The number of nitrogens with one attached hydrogen (secondary N) is 1. The second-order valence-corrected chi connectivity index (χ2v) is 8.47. The molecule has 9 heteroatoms. The first-order valence-corrected chi connectivity index (χ1v) is 10.0. The minimum Gasteiger partial charge on any atom is -0.271 e. The number of hydrogen-bond donors (Lipinski definition) is 1. The van der Waals surface area contributed by atoms with Gasteiger partial charge in [-0.1, -0.05) is 0 Å². The summed E-state index contributed by atoms with van der Waals surface area (Å²) in [5, 5.41) is 4.97. The van der Waals surface area contributed by atoms with Crippen molar-refractivity contribution in [3.8, 4) is 0 Å². The van der Waals surface area contributed by atoms with Gasteiger partial charge in [-0.25, -0.2) is 9.66 Å². The largest absolute Gasteiger partial charge is 0.281 e. The molecule has 7 nitrogen and oxygen atoms in total. The molecule has 1 atom stereocenters. The number of fused-ring (bicyclic) bond motifs is 3. The van der Waals surface area contributed by atoms with Crippen molar-refractivity contribution < 1.29 is 4.79 Å². The molecule has 1 aliphatic carbocycles. The fraction of sp³-hybridized carbons (Fsp3) is 0.412. The summed E-state index contributed by atoms with van der Waals surface area (Å²) in [6.45, 7) is 5.32. The quantitative estimate of drug-likeness (QED) is 0.685. The maximum Gasteiger partial charge on any atom is 0.281 e. The molecule has 0 unspecified atom stereocenters. The monoisotopic (exact) mass is 435 g/mol. The third kappa shape index (κ3) is 2.69. The number of rotatable bonds is 3. The van der Waals surface area contributed by atoms with E-state index in [1.807, 2.05) is 6.92 Å². The molecule has 1 aliphatic rings. The number of amides is 1. The van der Waals surface area contributed by atoms with E-state index in [1.54, 1.807) is 36.1 Å². The molecule has 0 saturated carbocycles. The zero-order chi connectivity index (χ0) is 18.6. The van der Waals surface area contributed by atoms with E-state index in [9.17, 15) is 9.59 Å². The number of halogens is 1. The van der Waals surface area contributed by atoms with Gasteiger partial charge in [0.1, 0.15) is 16.7 Å². The smallest absolute Gasteiger partial charge is 0.271 e. The lowest BCUT2D eigenvalue weighted by molar-refractivity contribution is -0.120. The van der Waals surface area contributed by atoms with E-state index < -0.39 is 6.04 Å². The molecule has 0 aromatic carbocycles. The van der Waals surface area contributed by atoms with Crippen molar-refractivity contribution in [2.24, 2.45) is 0 Å². The van der Waals surface area contributed by atoms with Crippen molar-refractivity contribution in [2.45, 2.75) is 46.1 Å². The Morgan fingerprint density at radius 3 is 2.85 bits per heavy atom. The van der Waals surface area contributed by atoms with Crippen LogP contribution in [0, 0.1) is 13.8 Å². The van der Waals surface area contributed by atoms with Crippen LogP contribution < -0.4 is 11.0 Å². The van der Waals surface area contributed by atoms with Crippen molar-refractivity contribution >= 4 is 43.4 Å². The molecule has 0 aliphatic heterocycles. The van der Waals surface area contributed by atoms with Crippen molar-refractivity contribution in [1.29, 1.82) is 0 Å². The van der Waals surface area contributed by atoms with Crippen LogP contribution in [0.15, 0.2) is 15.5 Å². The minimum absolute atomic E-state index is 0.203. The molecule has 1 N–H and O–H groups in total. The SMILES string of the molecule is Cc1nn([C@H](C)C(=O)Nn2c(C)nc3sc4c(c3c2=O)CCC4)cc1Br. The van der Waals surface area contributed by atoms with E-state index in [0.717, 1.165) is 39.8 Å². The number of nitrogens with zero attached hydrogens (tertiary/aromatic N) is 4. The summed E-state index contributed by atoms with van der Waals surface area (Å²) in [7, 11) is 0. The third-order valence-corrected chi connectivity index (χ3v) is 6.73. The Hall–Kier alpha value is -2.00. The molecular formula is C17H18BrN5O2S. The van der Waals surface area contributed by atoms with Crippen LogP contribution in [0.5, 0.6) is 0 Å². The van der Waals surface area contributed by atoms with Gasteiger partial charge in [-0.05, 0) is 61.5 Å². The molecule has 3 aromatic heterocycles. The Labute approximate surface area is 162 Å². The lowest BCUT2D eigenvalue weighted by Crippen LogP contribution is -2.38. The van der Waals surface area contributed by atoms with Crippen LogP contribution in [0.2, 0.25) is 0 Å². The zero-order valence-electron chi connectivity index (χ0n) is 14.7. The summed E-state index contributed by atoms with van der Waals surface area (Å²) >= 11 is 4.99. The van der Waals surface area contributed by atoms with Gasteiger partial charge in [-0.15, -0.1) is 11.3 Å². The van der Waals surface area contributed by atoms with Crippen LogP contribution in [0.25, 0.3) is 10.2 Å². The lowest BCUT2D eigenvalue weighted by atomic mass is 10.2. The van der Waals surface area contributed by atoms with Crippen LogP contribution in [0.4, 0.5) is 0 Å². The fourth-order valence-electron chi connectivity index (χ4n) is 3.26. The van der Waals surface area contributed by atoms with Crippen LogP contribution in [0.1, 0.15) is 41.3 Å². The normalized spacial score (nSPS) is 14.6. The Morgan fingerprint density at radius 1 is 1.38 bits per heavy atom. The Morgan fingerprint density at radius 2 is 2.15 bits per heavy atom. The number of thiophene rings is 1. The molecule has 26 heavy (non-hydrogen) atoms. The summed E-state index contributed by atoms with van der Waals surface area (Å²) in [5.74, 6) is 0.152. The van der Waals surface area contributed by atoms with E-state index in [0.29, 0.717) is 11.2 Å². The third-order valence-electron chi connectivity index (χ3n) is 4.76. The average molecular weight is 436 g/mol. The van der Waals surface area contributed by atoms with Crippen molar-refractivity contribution in [3.05, 3.63) is 43.0 Å². The predicted molar refractivity (Wildman–Crippen MR) is 104 cm³/mol. The van der Waals surface area contributed by atoms with Gasteiger partial charge in [-0.2, -0.15) is 5.10 Å². The van der Waals surface area contributed by atoms with Crippen LogP contribution >= 0.6 is 27.3 Å². The maximum absolute atomic E-state index is 13.0. The molecule has 0 saturated heterocycles. The molecule has 136 valence electrons. The van der Waals surface area contributed by atoms with Crippen LogP contribution in [-0.4, -0.2) is 25.3 Å².